The van der Waals surface area contributed by atoms with Gasteiger partial charge in [0.1, 0.15) is 5.75 Å². The Morgan fingerprint density at radius 2 is 1.70 bits per heavy atom. The number of alkyl halides is 2. The monoisotopic (exact) mass is 360 g/mol. The molecule has 1 unspecified atom stereocenters. The highest BCUT2D eigenvalue weighted by Crippen LogP contribution is 2.28. The van der Waals surface area contributed by atoms with Crippen LogP contribution in [0.25, 0.3) is 0 Å². The average Bonchev–Trinajstić information content (AvgIpc) is 2.54. The van der Waals surface area contributed by atoms with Crippen LogP contribution in [0, 0.1) is 0 Å². The predicted molar refractivity (Wildman–Crippen MR) is 95.3 cm³/mol. The summed E-state index contributed by atoms with van der Waals surface area (Å²) >= 11 is 11.9. The summed E-state index contributed by atoms with van der Waals surface area (Å²) in [5, 5.41) is 0. The highest BCUT2D eigenvalue weighted by Gasteiger charge is 2.44. The first kappa shape index (κ1) is 20.1. The van der Waals surface area contributed by atoms with Crippen molar-refractivity contribution in [1.29, 1.82) is 0 Å². The molecule has 0 aliphatic carbocycles. The van der Waals surface area contributed by atoms with E-state index >= 15 is 0 Å². The molecule has 0 aliphatic heterocycles. The van der Waals surface area contributed by atoms with Crippen LogP contribution < -0.4 is 4.74 Å². The van der Waals surface area contributed by atoms with E-state index in [2.05, 4.69) is 6.92 Å². The second-order valence-electron chi connectivity index (χ2n) is 5.73. The third kappa shape index (κ3) is 7.01. The van der Waals surface area contributed by atoms with Crippen molar-refractivity contribution in [2.75, 3.05) is 6.61 Å². The maximum absolute atomic E-state index is 12.3. The number of para-hydroxylation sites is 1. The Morgan fingerprint density at radius 1 is 1.09 bits per heavy atom. The van der Waals surface area contributed by atoms with Gasteiger partial charge in [0, 0.05) is 0 Å². The summed E-state index contributed by atoms with van der Waals surface area (Å²) in [6, 6.07) is 8.98. The fourth-order valence-electron chi connectivity index (χ4n) is 2.10. The summed E-state index contributed by atoms with van der Waals surface area (Å²) in [5.74, 6) is -0.0114. The van der Waals surface area contributed by atoms with Gasteiger partial charge in [-0.05, 0) is 25.5 Å². The molecule has 1 rings (SSSR count). The Balaban J connectivity index is 2.45. The SMILES string of the molecule is CCCCCCCCOC(=O)C(C)(Oc1ccccc1)C(Cl)Cl. The van der Waals surface area contributed by atoms with Crippen molar-refractivity contribution < 1.29 is 14.3 Å². The van der Waals surface area contributed by atoms with Crippen LogP contribution in [0.3, 0.4) is 0 Å². The van der Waals surface area contributed by atoms with E-state index in [9.17, 15) is 4.79 Å². The van der Waals surface area contributed by atoms with Gasteiger partial charge in [-0.15, -0.1) is 23.2 Å². The van der Waals surface area contributed by atoms with Gasteiger partial charge in [0.2, 0.25) is 5.60 Å². The fraction of sp³-hybridized carbons (Fsp3) is 0.611. The van der Waals surface area contributed by atoms with Crippen LogP contribution in [0.5, 0.6) is 5.75 Å². The van der Waals surface area contributed by atoms with Gasteiger partial charge < -0.3 is 9.47 Å². The molecule has 23 heavy (non-hydrogen) atoms. The largest absolute Gasteiger partial charge is 0.473 e. The number of halogens is 2. The van der Waals surface area contributed by atoms with Gasteiger partial charge in [0.25, 0.3) is 0 Å². The zero-order valence-corrected chi connectivity index (χ0v) is 15.4. The number of rotatable bonds is 11. The van der Waals surface area contributed by atoms with Crippen LogP contribution in [-0.2, 0) is 9.53 Å². The molecule has 0 N–H and O–H groups in total. The maximum atomic E-state index is 12.3. The first-order valence-electron chi connectivity index (χ1n) is 8.20. The number of ether oxygens (including phenoxy) is 2. The molecule has 0 fully saturated rings. The minimum absolute atomic E-state index is 0.360. The van der Waals surface area contributed by atoms with Crippen molar-refractivity contribution in [3.05, 3.63) is 30.3 Å². The number of hydrogen-bond donors (Lipinski definition) is 0. The Morgan fingerprint density at radius 3 is 2.30 bits per heavy atom. The van der Waals surface area contributed by atoms with Crippen LogP contribution in [0.4, 0.5) is 0 Å². The molecule has 130 valence electrons. The second-order valence-corrected chi connectivity index (χ2v) is 6.82. The van der Waals surface area contributed by atoms with Crippen LogP contribution in [0.15, 0.2) is 30.3 Å². The van der Waals surface area contributed by atoms with Gasteiger partial charge in [0.05, 0.1) is 6.61 Å². The quantitative estimate of drug-likeness (QED) is 0.295. The molecule has 0 saturated heterocycles. The lowest BCUT2D eigenvalue weighted by atomic mass is 10.1. The summed E-state index contributed by atoms with van der Waals surface area (Å²) in [6.07, 6.45) is 6.75. The molecule has 5 heteroatoms. The first-order valence-corrected chi connectivity index (χ1v) is 9.07. The zero-order valence-electron chi connectivity index (χ0n) is 13.9. The topological polar surface area (TPSA) is 35.5 Å². The Kier molecular flexibility index (Phi) is 9.42. The predicted octanol–water partition coefficient (Wildman–Crippen LogP) is 5.53. The van der Waals surface area contributed by atoms with E-state index in [1.54, 1.807) is 19.1 Å². The van der Waals surface area contributed by atoms with Gasteiger partial charge >= 0.3 is 5.97 Å². The molecular formula is C18H26Cl2O3. The highest BCUT2D eigenvalue weighted by molar-refractivity contribution is 6.46. The molecule has 0 aromatic heterocycles. The first-order chi connectivity index (χ1) is 11.0. The number of hydrogen-bond acceptors (Lipinski definition) is 3. The smallest absolute Gasteiger partial charge is 0.353 e. The Labute approximate surface area is 149 Å². The lowest BCUT2D eigenvalue weighted by Gasteiger charge is -2.29. The van der Waals surface area contributed by atoms with E-state index in [4.69, 9.17) is 32.7 Å². The molecule has 0 heterocycles. The van der Waals surface area contributed by atoms with Crippen molar-refractivity contribution >= 4 is 29.2 Å². The van der Waals surface area contributed by atoms with Gasteiger partial charge in [-0.1, -0.05) is 57.2 Å². The van der Waals surface area contributed by atoms with Crippen LogP contribution in [0.2, 0.25) is 0 Å². The number of carbonyl (C=O) groups is 1. The normalized spacial score (nSPS) is 13.6. The van der Waals surface area contributed by atoms with Crippen LogP contribution in [0.1, 0.15) is 52.4 Å². The van der Waals surface area contributed by atoms with E-state index in [1.807, 2.05) is 18.2 Å². The Bertz CT molecular complexity index is 451. The molecule has 0 aliphatic rings. The molecule has 0 saturated carbocycles. The van der Waals surface area contributed by atoms with Gasteiger partial charge in [0.15, 0.2) is 4.84 Å². The van der Waals surface area contributed by atoms with Crippen molar-refractivity contribution in [1.82, 2.24) is 0 Å². The average molecular weight is 361 g/mol. The third-order valence-corrected chi connectivity index (χ3v) is 4.46. The number of unbranched alkanes of at least 4 members (excludes halogenated alkanes) is 5. The van der Waals surface area contributed by atoms with Gasteiger partial charge in [-0.25, -0.2) is 4.79 Å². The van der Waals surface area contributed by atoms with E-state index < -0.39 is 16.4 Å². The van der Waals surface area contributed by atoms with E-state index in [0.29, 0.717) is 12.4 Å². The van der Waals surface area contributed by atoms with Gasteiger partial charge in [-0.3, -0.25) is 0 Å². The fourth-order valence-corrected chi connectivity index (χ4v) is 2.37. The standard InChI is InChI=1S/C18H26Cl2O3/c1-3-4-5-6-7-11-14-22-17(21)18(2,16(19)20)23-15-12-9-8-10-13-15/h8-10,12-13,16H,3-7,11,14H2,1-2H3. The van der Waals surface area contributed by atoms with Crippen molar-refractivity contribution in [2.24, 2.45) is 0 Å². The zero-order chi connectivity index (χ0) is 17.1. The minimum Gasteiger partial charge on any atom is -0.473 e. The maximum Gasteiger partial charge on any atom is 0.353 e. The Hall–Kier alpha value is -0.930. The molecule has 0 spiro atoms. The lowest BCUT2D eigenvalue weighted by molar-refractivity contribution is -0.159. The molecule has 1 atom stereocenters. The number of esters is 1. The summed E-state index contributed by atoms with van der Waals surface area (Å²) < 4.78 is 11.0. The molecule has 1 aromatic carbocycles. The van der Waals surface area contributed by atoms with E-state index in [-0.39, 0.29) is 0 Å². The van der Waals surface area contributed by atoms with Crippen molar-refractivity contribution in [3.8, 4) is 5.75 Å². The van der Waals surface area contributed by atoms with Gasteiger partial charge in [-0.2, -0.15) is 0 Å². The number of carbonyl (C=O) groups excluding carboxylic acids is 1. The second kappa shape index (κ2) is 10.8. The number of benzene rings is 1. The lowest BCUT2D eigenvalue weighted by Crippen LogP contribution is -2.48. The summed E-state index contributed by atoms with van der Waals surface area (Å²) in [4.78, 5) is 11.3. The highest BCUT2D eigenvalue weighted by atomic mass is 35.5. The molecular weight excluding hydrogens is 335 g/mol. The molecule has 0 radical (unpaired) electrons. The van der Waals surface area contributed by atoms with Crippen molar-refractivity contribution in [3.63, 3.8) is 0 Å². The summed E-state index contributed by atoms with van der Waals surface area (Å²) in [6.45, 7) is 4.09. The molecule has 3 nitrogen and oxygen atoms in total. The third-order valence-electron chi connectivity index (χ3n) is 3.63. The van der Waals surface area contributed by atoms with Crippen LogP contribution >= 0.6 is 23.2 Å². The van der Waals surface area contributed by atoms with E-state index in [1.165, 1.54) is 19.3 Å². The molecule has 0 bridgehead atoms. The minimum atomic E-state index is -1.42. The van der Waals surface area contributed by atoms with E-state index in [0.717, 1.165) is 19.3 Å². The molecule has 0 amide bonds. The summed E-state index contributed by atoms with van der Waals surface area (Å²) in [7, 11) is 0. The summed E-state index contributed by atoms with van der Waals surface area (Å²) in [5.41, 5.74) is -1.42. The van der Waals surface area contributed by atoms with Crippen molar-refractivity contribution in [2.45, 2.75) is 62.8 Å². The van der Waals surface area contributed by atoms with Crippen LogP contribution in [-0.4, -0.2) is 23.0 Å². The molecule has 1 aromatic rings.